The topological polar surface area (TPSA) is 72.3 Å². The van der Waals surface area contributed by atoms with E-state index in [4.69, 9.17) is 4.74 Å². The minimum Gasteiger partial charge on any atom is -0.373 e. The van der Waals surface area contributed by atoms with Crippen LogP contribution in [0, 0.1) is 0 Å². The molecule has 1 fully saturated rings. The van der Waals surface area contributed by atoms with Crippen LogP contribution >= 0.6 is 0 Å². The number of hydrogen-bond donors (Lipinski definition) is 1. The monoisotopic (exact) mass is 281 g/mol. The van der Waals surface area contributed by atoms with Gasteiger partial charge in [0, 0.05) is 26.2 Å². The molecule has 0 unspecified atom stereocenters. The van der Waals surface area contributed by atoms with Crippen LogP contribution in [0.2, 0.25) is 0 Å². The van der Waals surface area contributed by atoms with Crippen molar-refractivity contribution in [2.24, 2.45) is 0 Å². The first-order chi connectivity index (χ1) is 9.56. The van der Waals surface area contributed by atoms with Crippen LogP contribution < -0.4 is 5.32 Å². The van der Waals surface area contributed by atoms with Gasteiger partial charge < -0.3 is 10.1 Å². The predicted molar refractivity (Wildman–Crippen MR) is 74.2 cm³/mol. The Morgan fingerprint density at radius 3 is 2.75 bits per heavy atom. The lowest BCUT2D eigenvalue weighted by Gasteiger charge is -2.35. The third-order valence-electron chi connectivity index (χ3n) is 3.44. The van der Waals surface area contributed by atoms with Crippen LogP contribution in [-0.2, 0) is 9.53 Å². The third-order valence-corrected chi connectivity index (χ3v) is 3.44. The van der Waals surface area contributed by atoms with E-state index < -0.39 is 0 Å². The SMILES string of the molecule is C[C@@H]1CN(CCNC(=O)[C@H](C)n2cncn2)C[C@@H](C)O1. The van der Waals surface area contributed by atoms with Crippen molar-refractivity contribution in [1.82, 2.24) is 25.0 Å². The first-order valence-corrected chi connectivity index (χ1v) is 7.06. The minimum absolute atomic E-state index is 0.0372. The lowest BCUT2D eigenvalue weighted by atomic mass is 10.2. The molecule has 112 valence electrons. The molecule has 1 N–H and O–H groups in total. The van der Waals surface area contributed by atoms with Crippen LogP contribution in [0.4, 0.5) is 0 Å². The van der Waals surface area contributed by atoms with Gasteiger partial charge in [0.15, 0.2) is 0 Å². The molecule has 1 aromatic rings. The molecule has 7 nitrogen and oxygen atoms in total. The van der Waals surface area contributed by atoms with Gasteiger partial charge in [-0.25, -0.2) is 9.67 Å². The van der Waals surface area contributed by atoms with Gasteiger partial charge in [0.05, 0.1) is 12.2 Å². The second-order valence-corrected chi connectivity index (χ2v) is 5.36. The fourth-order valence-corrected chi connectivity index (χ4v) is 2.49. The number of aromatic nitrogens is 3. The average molecular weight is 281 g/mol. The zero-order valence-corrected chi connectivity index (χ0v) is 12.3. The summed E-state index contributed by atoms with van der Waals surface area (Å²) in [7, 11) is 0. The number of rotatable bonds is 5. The van der Waals surface area contributed by atoms with Gasteiger partial charge in [-0.05, 0) is 20.8 Å². The molecule has 1 aromatic heterocycles. The summed E-state index contributed by atoms with van der Waals surface area (Å²) in [6.07, 6.45) is 3.49. The number of nitrogens with one attached hydrogen (secondary N) is 1. The van der Waals surface area contributed by atoms with Crippen LogP contribution in [0.25, 0.3) is 0 Å². The van der Waals surface area contributed by atoms with Crippen molar-refractivity contribution < 1.29 is 9.53 Å². The van der Waals surface area contributed by atoms with Crippen LogP contribution in [0.3, 0.4) is 0 Å². The van der Waals surface area contributed by atoms with E-state index in [1.165, 1.54) is 6.33 Å². The van der Waals surface area contributed by atoms with Crippen molar-refractivity contribution in [3.63, 3.8) is 0 Å². The van der Waals surface area contributed by atoms with E-state index in [0.717, 1.165) is 19.6 Å². The molecule has 0 radical (unpaired) electrons. The van der Waals surface area contributed by atoms with Gasteiger partial charge in [0.25, 0.3) is 0 Å². The van der Waals surface area contributed by atoms with Crippen molar-refractivity contribution in [3.8, 4) is 0 Å². The number of nitrogens with zero attached hydrogens (tertiary/aromatic N) is 4. The van der Waals surface area contributed by atoms with E-state index in [1.807, 2.05) is 6.92 Å². The van der Waals surface area contributed by atoms with Gasteiger partial charge in [0.2, 0.25) is 5.91 Å². The number of carbonyl (C=O) groups excluding carboxylic acids is 1. The van der Waals surface area contributed by atoms with Gasteiger partial charge in [-0.3, -0.25) is 9.69 Å². The van der Waals surface area contributed by atoms with Crippen LogP contribution in [0.5, 0.6) is 0 Å². The Hall–Kier alpha value is -1.47. The molecule has 7 heteroatoms. The van der Waals surface area contributed by atoms with E-state index in [2.05, 4.69) is 34.1 Å². The highest BCUT2D eigenvalue weighted by atomic mass is 16.5. The largest absolute Gasteiger partial charge is 0.373 e. The molecule has 0 bridgehead atoms. The summed E-state index contributed by atoms with van der Waals surface area (Å²) < 4.78 is 7.23. The van der Waals surface area contributed by atoms with Gasteiger partial charge in [0.1, 0.15) is 18.7 Å². The molecule has 0 saturated carbocycles. The molecule has 3 atom stereocenters. The highest BCUT2D eigenvalue weighted by Crippen LogP contribution is 2.09. The molecule has 2 heterocycles. The summed E-state index contributed by atoms with van der Waals surface area (Å²) in [4.78, 5) is 18.1. The quantitative estimate of drug-likeness (QED) is 0.826. The third kappa shape index (κ3) is 4.01. The molecule has 0 aromatic carbocycles. The van der Waals surface area contributed by atoms with Crippen LogP contribution in [-0.4, -0.2) is 64.0 Å². The lowest BCUT2D eigenvalue weighted by Crippen LogP contribution is -2.48. The number of morpholine rings is 1. The maximum atomic E-state index is 12.0. The molecular formula is C13H23N5O2. The van der Waals surface area contributed by atoms with Crippen molar-refractivity contribution in [2.75, 3.05) is 26.2 Å². The average Bonchev–Trinajstić information content (AvgIpc) is 2.90. The summed E-state index contributed by atoms with van der Waals surface area (Å²) >= 11 is 0. The molecule has 0 aliphatic carbocycles. The summed E-state index contributed by atoms with van der Waals surface area (Å²) in [5.41, 5.74) is 0. The van der Waals surface area contributed by atoms with Gasteiger partial charge in [-0.2, -0.15) is 5.10 Å². The second kappa shape index (κ2) is 6.81. The maximum absolute atomic E-state index is 12.0. The molecule has 1 aliphatic heterocycles. The predicted octanol–water partition coefficient (Wildman–Crippen LogP) is 0.0645. The molecule has 0 spiro atoms. The Bertz CT molecular complexity index is 412. The Morgan fingerprint density at radius 2 is 2.15 bits per heavy atom. The molecule has 2 rings (SSSR count). The molecule has 1 aliphatic rings. The van der Waals surface area contributed by atoms with Gasteiger partial charge in [-0.15, -0.1) is 0 Å². The number of hydrogen-bond acceptors (Lipinski definition) is 5. The molecule has 1 saturated heterocycles. The smallest absolute Gasteiger partial charge is 0.244 e. The summed E-state index contributed by atoms with van der Waals surface area (Å²) in [6.45, 7) is 9.27. The number of ether oxygens (including phenoxy) is 1. The van der Waals surface area contributed by atoms with Crippen molar-refractivity contribution >= 4 is 5.91 Å². The highest BCUT2D eigenvalue weighted by Gasteiger charge is 2.22. The number of amides is 1. The fraction of sp³-hybridized carbons (Fsp3) is 0.769. The fourth-order valence-electron chi connectivity index (χ4n) is 2.49. The molecule has 20 heavy (non-hydrogen) atoms. The van der Waals surface area contributed by atoms with E-state index in [-0.39, 0.29) is 24.2 Å². The first kappa shape index (κ1) is 14.9. The second-order valence-electron chi connectivity index (χ2n) is 5.36. The van der Waals surface area contributed by atoms with Crippen molar-refractivity contribution in [2.45, 2.75) is 39.0 Å². The van der Waals surface area contributed by atoms with E-state index in [0.29, 0.717) is 6.54 Å². The molecular weight excluding hydrogens is 258 g/mol. The zero-order chi connectivity index (χ0) is 14.5. The van der Waals surface area contributed by atoms with Gasteiger partial charge in [-0.1, -0.05) is 0 Å². The Morgan fingerprint density at radius 1 is 1.45 bits per heavy atom. The van der Waals surface area contributed by atoms with Crippen molar-refractivity contribution in [1.29, 1.82) is 0 Å². The lowest BCUT2D eigenvalue weighted by molar-refractivity contribution is -0.124. The zero-order valence-electron chi connectivity index (χ0n) is 12.3. The van der Waals surface area contributed by atoms with E-state index in [9.17, 15) is 4.79 Å². The number of carbonyl (C=O) groups is 1. The maximum Gasteiger partial charge on any atom is 0.244 e. The van der Waals surface area contributed by atoms with E-state index in [1.54, 1.807) is 11.0 Å². The molecule has 1 amide bonds. The summed E-state index contributed by atoms with van der Waals surface area (Å²) in [5.74, 6) is -0.0372. The minimum atomic E-state index is -0.333. The Labute approximate surface area is 119 Å². The normalized spacial score (nSPS) is 25.4. The standard InChI is InChI=1S/C13H23N5O2/c1-10-6-17(7-11(2)20-10)5-4-15-13(19)12(3)18-9-14-8-16-18/h8-12H,4-7H2,1-3H3,(H,15,19)/t10-,11-,12+/m1/s1. The first-order valence-electron chi connectivity index (χ1n) is 7.06. The summed E-state index contributed by atoms with van der Waals surface area (Å²) in [5, 5.41) is 6.91. The Balaban J connectivity index is 1.71. The van der Waals surface area contributed by atoms with Gasteiger partial charge >= 0.3 is 0 Å². The highest BCUT2D eigenvalue weighted by molar-refractivity contribution is 5.79. The van der Waals surface area contributed by atoms with Crippen molar-refractivity contribution in [3.05, 3.63) is 12.7 Å². The Kier molecular flexibility index (Phi) is 5.08. The summed E-state index contributed by atoms with van der Waals surface area (Å²) in [6, 6.07) is -0.333. The van der Waals surface area contributed by atoms with Crippen LogP contribution in [0.15, 0.2) is 12.7 Å². The van der Waals surface area contributed by atoms with E-state index >= 15 is 0 Å². The van der Waals surface area contributed by atoms with Crippen LogP contribution in [0.1, 0.15) is 26.8 Å².